The molecule has 0 aliphatic carbocycles. The van der Waals surface area contributed by atoms with Crippen molar-refractivity contribution in [2.24, 2.45) is 4.99 Å². The number of thiazole rings is 1. The second-order valence-corrected chi connectivity index (χ2v) is 9.48. The van der Waals surface area contributed by atoms with Crippen LogP contribution in [0, 0.1) is 10.1 Å². The molecule has 1 atom stereocenters. The third-order valence-corrected chi connectivity index (χ3v) is 6.80. The molecule has 1 aliphatic rings. The number of ether oxygens (including phenoxy) is 1. The fourth-order valence-corrected chi connectivity index (χ4v) is 5.10. The molecular weight excluding hydrogens is 466 g/mol. The van der Waals surface area contributed by atoms with Crippen molar-refractivity contribution in [1.82, 2.24) is 4.57 Å². The molecular formula is C26H25N3O5S. The van der Waals surface area contributed by atoms with Crippen molar-refractivity contribution < 1.29 is 14.5 Å². The van der Waals surface area contributed by atoms with Gasteiger partial charge in [-0.3, -0.25) is 19.5 Å². The molecule has 2 heterocycles. The predicted molar refractivity (Wildman–Crippen MR) is 134 cm³/mol. The van der Waals surface area contributed by atoms with Crippen molar-refractivity contribution in [1.29, 1.82) is 0 Å². The summed E-state index contributed by atoms with van der Waals surface area (Å²) in [6, 6.07) is 13.2. The molecule has 0 spiro atoms. The monoisotopic (exact) mass is 491 g/mol. The Kier molecular flexibility index (Phi) is 6.79. The number of aromatic nitrogens is 1. The first-order valence-electron chi connectivity index (χ1n) is 11.2. The number of nitro groups is 1. The van der Waals surface area contributed by atoms with E-state index in [4.69, 9.17) is 4.74 Å². The summed E-state index contributed by atoms with van der Waals surface area (Å²) < 4.78 is 7.20. The van der Waals surface area contributed by atoms with Crippen molar-refractivity contribution in [2.75, 3.05) is 6.61 Å². The average molecular weight is 492 g/mol. The summed E-state index contributed by atoms with van der Waals surface area (Å²) >= 11 is 1.18. The zero-order chi connectivity index (χ0) is 25.3. The Morgan fingerprint density at radius 3 is 2.60 bits per heavy atom. The van der Waals surface area contributed by atoms with Crippen molar-refractivity contribution in [3.05, 3.63) is 106 Å². The summed E-state index contributed by atoms with van der Waals surface area (Å²) in [6.07, 6.45) is 1.61. The van der Waals surface area contributed by atoms with Crippen molar-refractivity contribution in [2.45, 2.75) is 39.7 Å². The minimum absolute atomic E-state index is 0.0601. The maximum absolute atomic E-state index is 13.6. The van der Waals surface area contributed by atoms with Crippen LogP contribution in [0.15, 0.2) is 69.6 Å². The van der Waals surface area contributed by atoms with Gasteiger partial charge in [0.25, 0.3) is 11.2 Å². The fraction of sp³-hybridized carbons (Fsp3) is 0.269. The lowest BCUT2D eigenvalue weighted by Crippen LogP contribution is -2.39. The quantitative estimate of drug-likeness (QED) is 0.296. The fourth-order valence-electron chi connectivity index (χ4n) is 4.05. The molecule has 3 aromatic rings. The molecule has 4 rings (SSSR count). The Hall–Kier alpha value is -3.85. The van der Waals surface area contributed by atoms with Gasteiger partial charge in [0.1, 0.15) is 0 Å². The van der Waals surface area contributed by atoms with Gasteiger partial charge in [-0.05, 0) is 42.5 Å². The summed E-state index contributed by atoms with van der Waals surface area (Å²) in [6.45, 7) is 7.86. The van der Waals surface area contributed by atoms with Gasteiger partial charge in [0.2, 0.25) is 0 Å². The van der Waals surface area contributed by atoms with E-state index in [1.807, 2.05) is 24.3 Å². The molecule has 0 N–H and O–H groups in total. The highest BCUT2D eigenvalue weighted by Gasteiger charge is 2.33. The maximum atomic E-state index is 13.6. The van der Waals surface area contributed by atoms with Crippen LogP contribution in [0.3, 0.4) is 0 Å². The molecule has 8 nitrogen and oxygen atoms in total. The molecule has 0 fully saturated rings. The van der Waals surface area contributed by atoms with E-state index in [0.717, 1.165) is 11.1 Å². The van der Waals surface area contributed by atoms with Crippen LogP contribution in [0.2, 0.25) is 0 Å². The number of esters is 1. The lowest BCUT2D eigenvalue weighted by Gasteiger charge is -2.25. The van der Waals surface area contributed by atoms with Gasteiger partial charge in [0, 0.05) is 12.1 Å². The molecule has 0 unspecified atom stereocenters. The standard InChI is InChI=1S/C26H25N3O5S/c1-5-34-25(31)22-16(4)27-26-28(23(22)19-11-9-18(10-12-19)15(2)3)24(30)21(35-26)14-17-7-6-8-20(13-17)29(32)33/h6-15,23H,5H2,1-4H3/b21-14-/t23-/m1/s1. The number of hydrogen-bond acceptors (Lipinski definition) is 7. The molecule has 0 amide bonds. The third kappa shape index (κ3) is 4.72. The molecule has 2 aromatic carbocycles. The second kappa shape index (κ2) is 9.79. The van der Waals surface area contributed by atoms with Gasteiger partial charge in [-0.2, -0.15) is 0 Å². The first-order chi connectivity index (χ1) is 16.7. The number of allylic oxidation sites excluding steroid dienone is 1. The number of hydrogen-bond donors (Lipinski definition) is 0. The van der Waals surface area contributed by atoms with Crippen LogP contribution in [-0.4, -0.2) is 22.1 Å². The number of nitrogens with zero attached hydrogens (tertiary/aromatic N) is 3. The second-order valence-electron chi connectivity index (χ2n) is 8.48. The first-order valence-corrected chi connectivity index (χ1v) is 12.1. The zero-order valence-electron chi connectivity index (χ0n) is 19.8. The van der Waals surface area contributed by atoms with E-state index >= 15 is 0 Å². The minimum atomic E-state index is -0.696. The highest BCUT2D eigenvalue weighted by Crippen LogP contribution is 2.31. The Balaban J connectivity index is 1.92. The Bertz CT molecular complexity index is 1510. The predicted octanol–water partition coefficient (Wildman–Crippen LogP) is 3.83. The van der Waals surface area contributed by atoms with Gasteiger partial charge in [-0.25, -0.2) is 9.79 Å². The Labute approximate surface area is 205 Å². The van der Waals surface area contributed by atoms with Crippen molar-refractivity contribution in [3.63, 3.8) is 0 Å². The third-order valence-electron chi connectivity index (χ3n) is 5.81. The summed E-state index contributed by atoms with van der Waals surface area (Å²) in [4.78, 5) is 42.2. The first kappa shape index (κ1) is 24.3. The smallest absolute Gasteiger partial charge is 0.338 e. The average Bonchev–Trinajstić information content (AvgIpc) is 3.12. The van der Waals surface area contributed by atoms with Crippen molar-refractivity contribution in [3.8, 4) is 0 Å². The van der Waals surface area contributed by atoms with E-state index in [1.165, 1.54) is 28.0 Å². The molecule has 9 heteroatoms. The summed E-state index contributed by atoms with van der Waals surface area (Å²) in [7, 11) is 0. The molecule has 0 saturated heterocycles. The van der Waals surface area contributed by atoms with E-state index in [1.54, 1.807) is 32.1 Å². The summed E-state index contributed by atoms with van der Waals surface area (Å²) in [5, 5.41) is 11.2. The van der Waals surface area contributed by atoms with Crippen molar-refractivity contribution >= 4 is 29.1 Å². The van der Waals surface area contributed by atoms with E-state index in [0.29, 0.717) is 32.1 Å². The number of fused-ring (bicyclic) bond motifs is 1. The van der Waals surface area contributed by atoms with Gasteiger partial charge in [0.05, 0.1) is 33.4 Å². The highest BCUT2D eigenvalue weighted by molar-refractivity contribution is 7.07. The molecule has 0 saturated carbocycles. The number of carbonyl (C=O) groups is 1. The maximum Gasteiger partial charge on any atom is 0.338 e. The van der Waals surface area contributed by atoms with Gasteiger partial charge in [-0.1, -0.05) is 61.6 Å². The lowest BCUT2D eigenvalue weighted by molar-refractivity contribution is -0.384. The highest BCUT2D eigenvalue weighted by atomic mass is 32.1. The van der Waals surface area contributed by atoms with E-state index < -0.39 is 16.9 Å². The van der Waals surface area contributed by atoms with Gasteiger partial charge >= 0.3 is 5.97 Å². The molecule has 35 heavy (non-hydrogen) atoms. The van der Waals surface area contributed by atoms with Gasteiger partial charge in [0.15, 0.2) is 4.80 Å². The van der Waals surface area contributed by atoms with Crippen LogP contribution in [0.5, 0.6) is 0 Å². The zero-order valence-corrected chi connectivity index (χ0v) is 20.7. The number of benzene rings is 2. The number of non-ortho nitro benzene ring substituents is 1. The Morgan fingerprint density at radius 1 is 1.26 bits per heavy atom. The molecule has 0 bridgehead atoms. The van der Waals surface area contributed by atoms with Crippen LogP contribution >= 0.6 is 11.3 Å². The number of rotatable bonds is 6. The molecule has 1 aromatic heterocycles. The topological polar surface area (TPSA) is 104 Å². The van der Waals surface area contributed by atoms with Gasteiger partial charge in [-0.15, -0.1) is 0 Å². The summed E-state index contributed by atoms with van der Waals surface area (Å²) in [5.74, 6) is -0.178. The normalized spacial score (nSPS) is 15.7. The van der Waals surface area contributed by atoms with Crippen LogP contribution in [0.4, 0.5) is 5.69 Å². The Morgan fingerprint density at radius 2 is 1.97 bits per heavy atom. The lowest BCUT2D eigenvalue weighted by atomic mass is 9.93. The minimum Gasteiger partial charge on any atom is -0.463 e. The summed E-state index contributed by atoms with van der Waals surface area (Å²) in [5.41, 5.74) is 2.87. The van der Waals surface area contributed by atoms with Gasteiger partial charge < -0.3 is 4.74 Å². The van der Waals surface area contributed by atoms with E-state index in [2.05, 4.69) is 18.8 Å². The SMILES string of the molecule is CCOC(=O)C1=C(C)N=c2s/c(=C\c3cccc([N+](=O)[O-])c3)c(=O)n2[C@@H]1c1ccc(C(C)C)cc1. The molecule has 0 radical (unpaired) electrons. The number of nitro benzene ring substituents is 1. The van der Waals surface area contributed by atoms with E-state index in [-0.39, 0.29) is 17.9 Å². The largest absolute Gasteiger partial charge is 0.463 e. The van der Waals surface area contributed by atoms with Crippen LogP contribution in [0.25, 0.3) is 6.08 Å². The van der Waals surface area contributed by atoms with Crippen LogP contribution in [-0.2, 0) is 9.53 Å². The van der Waals surface area contributed by atoms with Crippen LogP contribution in [0.1, 0.15) is 56.3 Å². The van der Waals surface area contributed by atoms with E-state index in [9.17, 15) is 19.7 Å². The molecule has 180 valence electrons. The number of carbonyl (C=O) groups excluding carboxylic acids is 1. The van der Waals surface area contributed by atoms with Crippen LogP contribution < -0.4 is 14.9 Å². The molecule has 1 aliphatic heterocycles.